The van der Waals surface area contributed by atoms with Crippen LogP contribution in [0.5, 0.6) is 0 Å². The molecule has 4 unspecified atom stereocenters. The first-order valence-electron chi connectivity index (χ1n) is 7.31. The van der Waals surface area contributed by atoms with E-state index in [4.69, 9.17) is 11.6 Å². The fourth-order valence-electron chi connectivity index (χ4n) is 4.64. The molecular formula is C15H17ClN2O2. The van der Waals surface area contributed by atoms with Gasteiger partial charge < -0.3 is 5.32 Å². The molecule has 1 aromatic rings. The quantitative estimate of drug-likeness (QED) is 0.684. The summed E-state index contributed by atoms with van der Waals surface area (Å²) in [6.45, 7) is 0.703. The third-order valence-corrected chi connectivity index (χ3v) is 5.80. The number of nitro benzene ring substituents is 1. The van der Waals surface area contributed by atoms with E-state index in [1.165, 1.54) is 19.3 Å². The second-order valence-electron chi connectivity index (χ2n) is 6.44. The highest BCUT2D eigenvalue weighted by Crippen LogP contribution is 2.65. The largest absolute Gasteiger partial charge is 0.309 e. The molecule has 0 heterocycles. The van der Waals surface area contributed by atoms with Crippen LogP contribution in [0, 0.1) is 33.8 Å². The number of nitrogens with one attached hydrogen (secondary N) is 1. The zero-order valence-corrected chi connectivity index (χ0v) is 11.8. The van der Waals surface area contributed by atoms with E-state index in [0.29, 0.717) is 12.6 Å². The molecule has 4 nitrogen and oxygen atoms in total. The van der Waals surface area contributed by atoms with Gasteiger partial charge in [0.2, 0.25) is 0 Å². The zero-order valence-electron chi connectivity index (χ0n) is 11.1. The van der Waals surface area contributed by atoms with Crippen molar-refractivity contribution in [2.45, 2.75) is 31.8 Å². The number of hydrogen-bond donors (Lipinski definition) is 1. The Morgan fingerprint density at radius 3 is 2.65 bits per heavy atom. The van der Waals surface area contributed by atoms with Crippen LogP contribution in [0.15, 0.2) is 18.2 Å². The Balaban J connectivity index is 1.41. The highest BCUT2D eigenvalue weighted by Gasteiger charge is 2.64. The standard InChI is InChI=1S/C15H17ClN2O2/c16-11-4-1-8(5-12(11)18(19)20)7-17-15-13-9-2-3-10(6-9)14(13)15/h1,4-5,9-10,13-15,17H,2-3,6-7H2. The van der Waals surface area contributed by atoms with Crippen molar-refractivity contribution in [3.8, 4) is 0 Å². The van der Waals surface area contributed by atoms with Crippen molar-refractivity contribution in [1.29, 1.82) is 0 Å². The Labute approximate surface area is 122 Å². The molecule has 0 aromatic heterocycles. The second kappa shape index (κ2) is 4.43. The van der Waals surface area contributed by atoms with E-state index in [9.17, 15) is 10.1 Å². The second-order valence-corrected chi connectivity index (χ2v) is 6.84. The van der Waals surface area contributed by atoms with Crippen LogP contribution in [0.1, 0.15) is 24.8 Å². The van der Waals surface area contributed by atoms with Gasteiger partial charge in [-0.2, -0.15) is 0 Å². The molecule has 3 saturated carbocycles. The van der Waals surface area contributed by atoms with Crippen LogP contribution in [0.25, 0.3) is 0 Å². The van der Waals surface area contributed by atoms with Crippen LogP contribution in [-0.4, -0.2) is 11.0 Å². The summed E-state index contributed by atoms with van der Waals surface area (Å²) in [6, 6.07) is 5.72. The Morgan fingerprint density at radius 1 is 1.30 bits per heavy atom. The van der Waals surface area contributed by atoms with Gasteiger partial charge in [-0.05, 0) is 54.6 Å². The number of halogens is 1. The van der Waals surface area contributed by atoms with Gasteiger partial charge in [0.15, 0.2) is 0 Å². The van der Waals surface area contributed by atoms with E-state index in [2.05, 4.69) is 5.32 Å². The number of fused-ring (bicyclic) bond motifs is 5. The molecule has 3 aliphatic carbocycles. The van der Waals surface area contributed by atoms with Crippen LogP contribution in [0.4, 0.5) is 5.69 Å². The van der Waals surface area contributed by atoms with Crippen molar-refractivity contribution in [1.82, 2.24) is 5.32 Å². The molecule has 3 aliphatic rings. The van der Waals surface area contributed by atoms with E-state index in [1.54, 1.807) is 12.1 Å². The SMILES string of the molecule is O=[N+]([O-])c1cc(CNC2C3C4CCC(C4)C23)ccc1Cl. The lowest BCUT2D eigenvalue weighted by Gasteiger charge is -2.10. The maximum absolute atomic E-state index is 10.9. The van der Waals surface area contributed by atoms with Gasteiger partial charge in [0, 0.05) is 18.7 Å². The van der Waals surface area contributed by atoms with Gasteiger partial charge in [-0.15, -0.1) is 0 Å². The first-order valence-corrected chi connectivity index (χ1v) is 7.69. The minimum Gasteiger partial charge on any atom is -0.309 e. The van der Waals surface area contributed by atoms with Crippen LogP contribution >= 0.6 is 11.6 Å². The molecule has 1 N–H and O–H groups in total. The highest BCUT2D eigenvalue weighted by molar-refractivity contribution is 6.32. The maximum Gasteiger partial charge on any atom is 0.288 e. The highest BCUT2D eigenvalue weighted by atomic mass is 35.5. The Morgan fingerprint density at radius 2 is 2.00 bits per heavy atom. The number of hydrogen-bond acceptors (Lipinski definition) is 3. The normalized spacial score (nSPS) is 37.0. The van der Waals surface area contributed by atoms with E-state index >= 15 is 0 Å². The topological polar surface area (TPSA) is 55.2 Å². The molecule has 4 atom stereocenters. The van der Waals surface area contributed by atoms with Crippen LogP contribution in [-0.2, 0) is 6.54 Å². The lowest BCUT2D eigenvalue weighted by molar-refractivity contribution is -0.384. The van der Waals surface area contributed by atoms with Gasteiger partial charge in [-0.3, -0.25) is 10.1 Å². The molecule has 0 radical (unpaired) electrons. The summed E-state index contributed by atoms with van der Waals surface area (Å²) in [4.78, 5) is 10.5. The molecule has 2 bridgehead atoms. The van der Waals surface area contributed by atoms with Gasteiger partial charge in [-0.25, -0.2) is 0 Å². The summed E-state index contributed by atoms with van der Waals surface area (Å²) >= 11 is 5.83. The Bertz CT molecular complexity index is 561. The molecule has 106 valence electrons. The van der Waals surface area contributed by atoms with E-state index < -0.39 is 4.92 Å². The number of rotatable bonds is 4. The average molecular weight is 293 g/mol. The average Bonchev–Trinajstić information content (AvgIpc) is 2.81. The number of nitro groups is 1. The van der Waals surface area contributed by atoms with Crippen LogP contribution < -0.4 is 5.32 Å². The van der Waals surface area contributed by atoms with E-state index in [1.807, 2.05) is 6.07 Å². The summed E-state index contributed by atoms with van der Waals surface area (Å²) in [7, 11) is 0. The predicted octanol–water partition coefficient (Wildman–Crippen LogP) is 3.38. The van der Waals surface area contributed by atoms with Crippen molar-refractivity contribution in [3.05, 3.63) is 38.9 Å². The van der Waals surface area contributed by atoms with Gasteiger partial charge in [0.05, 0.1) is 4.92 Å². The summed E-state index contributed by atoms with van der Waals surface area (Å²) in [5.74, 6) is 3.66. The molecular weight excluding hydrogens is 276 g/mol. The third kappa shape index (κ3) is 1.85. The molecule has 5 heteroatoms. The molecule has 0 spiro atoms. The van der Waals surface area contributed by atoms with Crippen molar-refractivity contribution in [2.75, 3.05) is 0 Å². The van der Waals surface area contributed by atoms with Gasteiger partial charge in [0.25, 0.3) is 5.69 Å². The van der Waals surface area contributed by atoms with Gasteiger partial charge >= 0.3 is 0 Å². The first kappa shape index (κ1) is 12.6. The maximum atomic E-state index is 10.9. The van der Waals surface area contributed by atoms with E-state index in [0.717, 1.165) is 29.2 Å². The lowest BCUT2D eigenvalue weighted by atomic mass is 10.0. The number of nitrogens with zero attached hydrogens (tertiary/aromatic N) is 1. The van der Waals surface area contributed by atoms with Crippen LogP contribution in [0.2, 0.25) is 5.02 Å². The summed E-state index contributed by atoms with van der Waals surface area (Å²) < 4.78 is 0. The molecule has 4 rings (SSSR count). The fourth-order valence-corrected chi connectivity index (χ4v) is 4.83. The molecule has 1 aromatic carbocycles. The third-order valence-electron chi connectivity index (χ3n) is 5.48. The van der Waals surface area contributed by atoms with Crippen LogP contribution in [0.3, 0.4) is 0 Å². The first-order chi connectivity index (χ1) is 9.65. The fraction of sp³-hybridized carbons (Fsp3) is 0.600. The summed E-state index contributed by atoms with van der Waals surface area (Å²) in [5.41, 5.74) is 0.945. The van der Waals surface area contributed by atoms with Crippen molar-refractivity contribution in [3.63, 3.8) is 0 Å². The molecule has 20 heavy (non-hydrogen) atoms. The lowest BCUT2D eigenvalue weighted by Crippen LogP contribution is -2.22. The zero-order chi connectivity index (χ0) is 13.9. The van der Waals surface area contributed by atoms with Crippen molar-refractivity contribution >= 4 is 17.3 Å². The minimum absolute atomic E-state index is 0.00188. The number of benzene rings is 1. The Kier molecular flexibility index (Phi) is 2.79. The molecule has 3 fully saturated rings. The summed E-state index contributed by atoms with van der Waals surface area (Å²) in [5, 5.41) is 14.7. The molecule has 0 aliphatic heterocycles. The monoisotopic (exact) mass is 292 g/mol. The predicted molar refractivity (Wildman–Crippen MR) is 76.5 cm³/mol. The van der Waals surface area contributed by atoms with Gasteiger partial charge in [-0.1, -0.05) is 17.7 Å². The van der Waals surface area contributed by atoms with Crippen molar-refractivity contribution < 1.29 is 4.92 Å². The molecule has 0 saturated heterocycles. The van der Waals surface area contributed by atoms with Crippen molar-refractivity contribution in [2.24, 2.45) is 23.7 Å². The minimum atomic E-state index is -0.419. The molecule has 0 amide bonds. The van der Waals surface area contributed by atoms with Gasteiger partial charge in [0.1, 0.15) is 5.02 Å². The smallest absolute Gasteiger partial charge is 0.288 e. The van der Waals surface area contributed by atoms with E-state index in [-0.39, 0.29) is 10.7 Å². The Hall–Kier alpha value is -1.13. The summed E-state index contributed by atoms with van der Waals surface area (Å²) in [6.07, 6.45) is 4.27.